The molecule has 1 fully saturated rings. The molecule has 1 aliphatic rings. The minimum atomic E-state index is -0.187. The molecule has 4 heteroatoms. The third-order valence-electron chi connectivity index (χ3n) is 3.65. The molecular weight excluding hydrogens is 254 g/mol. The van der Waals surface area contributed by atoms with Crippen LogP contribution in [0.4, 0.5) is 0 Å². The smallest absolute Gasteiger partial charge is 0.252 e. The number of halogens is 1. The molecular formula is C13H18ClNOS. The van der Waals surface area contributed by atoms with Crippen LogP contribution in [0.5, 0.6) is 0 Å². The van der Waals surface area contributed by atoms with Gasteiger partial charge < -0.3 is 5.32 Å². The van der Waals surface area contributed by atoms with Crippen molar-refractivity contribution >= 4 is 28.8 Å². The Morgan fingerprint density at radius 3 is 2.82 bits per heavy atom. The second-order valence-electron chi connectivity index (χ2n) is 5.06. The standard InChI is InChI=1S/C13H18ClNOS/c1-10-2-5-13(9-14,6-3-10)15-12(16)11-4-7-17-8-11/h4,7-8,10H,2-3,5-6,9H2,1H3,(H,15,16). The van der Waals surface area contributed by atoms with Crippen molar-refractivity contribution in [3.05, 3.63) is 22.4 Å². The zero-order chi connectivity index (χ0) is 12.3. The summed E-state index contributed by atoms with van der Waals surface area (Å²) in [5.41, 5.74) is 0.561. The van der Waals surface area contributed by atoms with E-state index in [-0.39, 0.29) is 11.4 Å². The Morgan fingerprint density at radius 1 is 1.59 bits per heavy atom. The molecule has 0 saturated heterocycles. The molecule has 2 rings (SSSR count). The third-order valence-corrected chi connectivity index (χ3v) is 4.84. The van der Waals surface area contributed by atoms with Crippen molar-refractivity contribution < 1.29 is 4.79 Å². The Hall–Kier alpha value is -0.540. The van der Waals surface area contributed by atoms with E-state index in [0.29, 0.717) is 5.88 Å². The van der Waals surface area contributed by atoms with E-state index in [4.69, 9.17) is 11.6 Å². The monoisotopic (exact) mass is 271 g/mol. The molecule has 0 bridgehead atoms. The van der Waals surface area contributed by atoms with Gasteiger partial charge in [0.05, 0.1) is 11.1 Å². The van der Waals surface area contributed by atoms with Crippen molar-refractivity contribution in [2.24, 2.45) is 5.92 Å². The summed E-state index contributed by atoms with van der Waals surface area (Å²) in [6.07, 6.45) is 4.29. The highest BCUT2D eigenvalue weighted by atomic mass is 35.5. The summed E-state index contributed by atoms with van der Waals surface area (Å²) in [4.78, 5) is 12.1. The molecule has 1 aliphatic carbocycles. The summed E-state index contributed by atoms with van der Waals surface area (Å²) in [5, 5.41) is 6.94. The van der Waals surface area contributed by atoms with Gasteiger partial charge >= 0.3 is 0 Å². The lowest BCUT2D eigenvalue weighted by Crippen LogP contribution is -2.52. The molecule has 1 amide bonds. The van der Waals surface area contributed by atoms with Gasteiger partial charge in [0.15, 0.2) is 0 Å². The zero-order valence-corrected chi connectivity index (χ0v) is 11.6. The topological polar surface area (TPSA) is 29.1 Å². The predicted octanol–water partition coefficient (Wildman–Crippen LogP) is 3.67. The average molecular weight is 272 g/mol. The van der Waals surface area contributed by atoms with E-state index < -0.39 is 0 Å². The van der Waals surface area contributed by atoms with Crippen LogP contribution in [0.15, 0.2) is 16.8 Å². The van der Waals surface area contributed by atoms with E-state index in [1.54, 1.807) is 11.3 Å². The van der Waals surface area contributed by atoms with Gasteiger partial charge in [-0.2, -0.15) is 11.3 Å². The number of carbonyl (C=O) groups is 1. The highest BCUT2D eigenvalue weighted by molar-refractivity contribution is 7.08. The predicted molar refractivity (Wildman–Crippen MR) is 72.9 cm³/mol. The molecule has 0 unspecified atom stereocenters. The molecule has 2 nitrogen and oxygen atoms in total. The maximum absolute atomic E-state index is 12.1. The average Bonchev–Trinajstić information content (AvgIpc) is 2.86. The first-order valence-electron chi connectivity index (χ1n) is 6.06. The summed E-state index contributed by atoms with van der Waals surface area (Å²) in [5.74, 6) is 1.28. The van der Waals surface area contributed by atoms with Crippen LogP contribution in [-0.2, 0) is 0 Å². The highest BCUT2D eigenvalue weighted by Gasteiger charge is 2.35. The van der Waals surface area contributed by atoms with Gasteiger partial charge in [-0.25, -0.2) is 0 Å². The van der Waals surface area contributed by atoms with Crippen LogP contribution in [0.3, 0.4) is 0 Å². The molecule has 94 valence electrons. The van der Waals surface area contributed by atoms with Gasteiger partial charge in [-0.3, -0.25) is 4.79 Å². The fourth-order valence-corrected chi connectivity index (χ4v) is 3.28. The van der Waals surface area contributed by atoms with Gasteiger partial charge in [0.1, 0.15) is 0 Å². The number of hydrogen-bond donors (Lipinski definition) is 1. The van der Waals surface area contributed by atoms with Crippen LogP contribution in [0, 0.1) is 5.92 Å². The fraction of sp³-hybridized carbons (Fsp3) is 0.615. The first kappa shape index (κ1) is 12.9. The molecule has 17 heavy (non-hydrogen) atoms. The molecule has 0 radical (unpaired) electrons. The Morgan fingerprint density at radius 2 is 2.29 bits per heavy atom. The largest absolute Gasteiger partial charge is 0.345 e. The number of alkyl halides is 1. The summed E-state index contributed by atoms with van der Waals surface area (Å²) in [7, 11) is 0. The molecule has 1 saturated carbocycles. The Kier molecular flexibility index (Phi) is 4.10. The summed E-state index contributed by atoms with van der Waals surface area (Å²) >= 11 is 7.62. The minimum absolute atomic E-state index is 0.0152. The number of rotatable bonds is 3. The summed E-state index contributed by atoms with van der Waals surface area (Å²) in [6.45, 7) is 2.26. The van der Waals surface area contributed by atoms with Gasteiger partial charge in [-0.05, 0) is 43.0 Å². The van der Waals surface area contributed by atoms with Crippen LogP contribution < -0.4 is 5.32 Å². The maximum Gasteiger partial charge on any atom is 0.252 e. The second kappa shape index (κ2) is 5.40. The quantitative estimate of drug-likeness (QED) is 0.835. The van der Waals surface area contributed by atoms with Crippen LogP contribution >= 0.6 is 22.9 Å². The molecule has 0 aliphatic heterocycles. The van der Waals surface area contributed by atoms with Gasteiger partial charge in [-0.1, -0.05) is 6.92 Å². The van der Waals surface area contributed by atoms with Crippen LogP contribution in [0.2, 0.25) is 0 Å². The molecule has 1 heterocycles. The molecule has 1 aromatic rings. The second-order valence-corrected chi connectivity index (χ2v) is 6.11. The van der Waals surface area contributed by atoms with E-state index in [2.05, 4.69) is 12.2 Å². The van der Waals surface area contributed by atoms with Crippen molar-refractivity contribution in [1.82, 2.24) is 5.32 Å². The zero-order valence-electron chi connectivity index (χ0n) is 10.0. The Bertz CT molecular complexity index is 369. The Labute approximate surface area is 111 Å². The van der Waals surface area contributed by atoms with Gasteiger partial charge in [-0.15, -0.1) is 11.6 Å². The highest BCUT2D eigenvalue weighted by Crippen LogP contribution is 2.33. The van der Waals surface area contributed by atoms with Gasteiger partial charge in [0.2, 0.25) is 0 Å². The normalized spacial score (nSPS) is 28.9. The van der Waals surface area contributed by atoms with E-state index in [0.717, 1.165) is 37.2 Å². The van der Waals surface area contributed by atoms with Crippen molar-refractivity contribution in [2.75, 3.05) is 5.88 Å². The molecule has 1 N–H and O–H groups in total. The number of amides is 1. The van der Waals surface area contributed by atoms with E-state index >= 15 is 0 Å². The van der Waals surface area contributed by atoms with Crippen LogP contribution in [-0.4, -0.2) is 17.3 Å². The lowest BCUT2D eigenvalue weighted by Gasteiger charge is -2.38. The van der Waals surface area contributed by atoms with Crippen LogP contribution in [0.1, 0.15) is 43.0 Å². The molecule has 0 atom stereocenters. The van der Waals surface area contributed by atoms with Crippen molar-refractivity contribution in [3.63, 3.8) is 0 Å². The van der Waals surface area contributed by atoms with Crippen molar-refractivity contribution in [3.8, 4) is 0 Å². The number of thiophene rings is 1. The molecule has 1 aromatic heterocycles. The first-order valence-corrected chi connectivity index (χ1v) is 7.54. The third kappa shape index (κ3) is 3.02. The van der Waals surface area contributed by atoms with Gasteiger partial charge in [0.25, 0.3) is 5.91 Å². The Balaban J connectivity index is 2.02. The lowest BCUT2D eigenvalue weighted by atomic mass is 9.78. The summed E-state index contributed by atoms with van der Waals surface area (Å²) < 4.78 is 0. The van der Waals surface area contributed by atoms with E-state index in [1.807, 2.05) is 16.8 Å². The summed E-state index contributed by atoms with van der Waals surface area (Å²) in [6, 6.07) is 1.85. The number of nitrogens with one attached hydrogen (secondary N) is 1. The minimum Gasteiger partial charge on any atom is -0.345 e. The van der Waals surface area contributed by atoms with Crippen LogP contribution in [0.25, 0.3) is 0 Å². The number of carbonyl (C=O) groups excluding carboxylic acids is 1. The SMILES string of the molecule is CC1CCC(CCl)(NC(=O)c2ccsc2)CC1. The van der Waals surface area contributed by atoms with Gasteiger partial charge in [0, 0.05) is 11.3 Å². The van der Waals surface area contributed by atoms with E-state index in [9.17, 15) is 4.79 Å². The molecule has 0 spiro atoms. The fourth-order valence-electron chi connectivity index (χ4n) is 2.31. The first-order chi connectivity index (χ1) is 8.15. The maximum atomic E-state index is 12.1. The number of hydrogen-bond acceptors (Lipinski definition) is 2. The van der Waals surface area contributed by atoms with Crippen molar-refractivity contribution in [1.29, 1.82) is 0 Å². The molecule has 0 aromatic carbocycles. The van der Waals surface area contributed by atoms with E-state index in [1.165, 1.54) is 0 Å². The lowest BCUT2D eigenvalue weighted by molar-refractivity contribution is 0.0873. The van der Waals surface area contributed by atoms with Crippen molar-refractivity contribution in [2.45, 2.75) is 38.1 Å².